The van der Waals surface area contributed by atoms with E-state index < -0.39 is 15.2 Å². The van der Waals surface area contributed by atoms with E-state index in [1.165, 1.54) is 23.1 Å². The van der Waals surface area contributed by atoms with Crippen molar-refractivity contribution < 1.29 is 9.59 Å². The Hall–Kier alpha value is -1.49. The number of likely N-dealkylation sites (N-methyl/N-ethyl adjacent to an activating group) is 1. The van der Waals surface area contributed by atoms with E-state index in [-0.39, 0.29) is 18.4 Å². The molecule has 1 aromatic rings. The number of amides is 1. The topological polar surface area (TPSA) is 73.2 Å². The molecular formula is C20H25N3O2S2. The van der Waals surface area contributed by atoms with Crippen LogP contribution in [0.15, 0.2) is 18.2 Å². The highest BCUT2D eigenvalue weighted by Gasteiger charge is 2.56. The van der Waals surface area contributed by atoms with Crippen molar-refractivity contribution >= 4 is 37.5 Å². The van der Waals surface area contributed by atoms with Gasteiger partial charge in [-0.2, -0.15) is 5.26 Å². The standard InChI is InChI=1S/C20H25N3O2S2/c1-18(11-21)10-20(27,17(25)23(3)19(2,26)12-24)22-16(18)15-8-7-13-5-4-6-14(13)9-15/h7-9,12,16,22,26-27H,4-6,10H2,1-3H3/t16?,18-,19+,20+/m1/s1. The highest BCUT2D eigenvalue weighted by atomic mass is 32.1. The molecule has 4 atom stereocenters. The van der Waals surface area contributed by atoms with E-state index in [9.17, 15) is 14.9 Å². The smallest absolute Gasteiger partial charge is 0.254 e. The second kappa shape index (κ2) is 6.84. The van der Waals surface area contributed by atoms with Gasteiger partial charge >= 0.3 is 0 Å². The fourth-order valence-corrected chi connectivity index (χ4v) is 4.81. The van der Waals surface area contributed by atoms with Crippen LogP contribution in [0, 0.1) is 16.7 Å². The van der Waals surface area contributed by atoms with Crippen molar-refractivity contribution in [1.82, 2.24) is 10.2 Å². The van der Waals surface area contributed by atoms with Crippen molar-refractivity contribution in [2.45, 2.75) is 55.3 Å². The normalized spacial score (nSPS) is 31.6. The zero-order valence-electron chi connectivity index (χ0n) is 15.8. The van der Waals surface area contributed by atoms with Gasteiger partial charge in [-0.15, -0.1) is 25.3 Å². The van der Waals surface area contributed by atoms with Gasteiger partial charge in [0.25, 0.3) is 5.91 Å². The molecule has 1 aromatic carbocycles. The van der Waals surface area contributed by atoms with Crippen LogP contribution < -0.4 is 5.32 Å². The Morgan fingerprint density at radius 2 is 2.11 bits per heavy atom. The van der Waals surface area contributed by atoms with E-state index >= 15 is 0 Å². The van der Waals surface area contributed by atoms with Crippen LogP contribution in [0.3, 0.4) is 0 Å². The Bertz CT molecular complexity index is 835. The number of nitrogens with one attached hydrogen (secondary N) is 1. The second-order valence-electron chi connectivity index (χ2n) is 8.10. The summed E-state index contributed by atoms with van der Waals surface area (Å²) in [7, 11) is 1.52. The average Bonchev–Trinajstić information content (AvgIpc) is 3.22. The Balaban J connectivity index is 1.95. The first-order valence-corrected chi connectivity index (χ1v) is 9.96. The Kier molecular flexibility index (Phi) is 5.13. The summed E-state index contributed by atoms with van der Waals surface area (Å²) in [5.74, 6) is -0.374. The van der Waals surface area contributed by atoms with Crippen LogP contribution in [0.2, 0.25) is 0 Å². The molecule has 1 saturated heterocycles. The van der Waals surface area contributed by atoms with Crippen LogP contribution in [-0.2, 0) is 22.4 Å². The first-order chi connectivity index (χ1) is 12.6. The molecule has 3 rings (SSSR count). The van der Waals surface area contributed by atoms with Gasteiger partial charge in [-0.3, -0.25) is 14.9 Å². The van der Waals surface area contributed by atoms with Crippen molar-refractivity contribution in [2.75, 3.05) is 7.05 Å². The maximum Gasteiger partial charge on any atom is 0.254 e. The van der Waals surface area contributed by atoms with Gasteiger partial charge < -0.3 is 4.90 Å². The lowest BCUT2D eigenvalue weighted by molar-refractivity contribution is -0.138. The number of benzene rings is 1. The van der Waals surface area contributed by atoms with Gasteiger partial charge in [-0.05, 0) is 49.8 Å². The molecule has 27 heavy (non-hydrogen) atoms. The summed E-state index contributed by atoms with van der Waals surface area (Å²) in [6, 6.07) is 8.38. The molecule has 144 valence electrons. The minimum atomic E-state index is -1.25. The summed E-state index contributed by atoms with van der Waals surface area (Å²) in [6.07, 6.45) is 4.13. The largest absolute Gasteiger partial charge is 0.323 e. The Morgan fingerprint density at radius 1 is 1.44 bits per heavy atom. The minimum Gasteiger partial charge on any atom is -0.323 e. The quantitative estimate of drug-likeness (QED) is 0.411. The van der Waals surface area contributed by atoms with Gasteiger partial charge in [0.2, 0.25) is 0 Å². The monoisotopic (exact) mass is 403 g/mol. The van der Waals surface area contributed by atoms with Crippen LogP contribution in [0.25, 0.3) is 0 Å². The lowest BCUT2D eigenvalue weighted by Crippen LogP contribution is -2.56. The third kappa shape index (κ3) is 3.39. The molecular weight excluding hydrogens is 378 g/mol. The number of aryl methyl sites for hydroxylation is 2. The summed E-state index contributed by atoms with van der Waals surface area (Å²) in [5.41, 5.74) is 2.87. The van der Waals surface area contributed by atoms with Crippen LogP contribution in [0.1, 0.15) is 49.4 Å². The summed E-state index contributed by atoms with van der Waals surface area (Å²) in [4.78, 5) is 23.2. The fraction of sp³-hybridized carbons (Fsp3) is 0.550. The highest BCUT2D eigenvalue weighted by molar-refractivity contribution is 7.83. The second-order valence-corrected chi connectivity index (χ2v) is 9.77. The van der Waals surface area contributed by atoms with Crippen molar-refractivity contribution in [3.8, 4) is 6.07 Å². The predicted octanol–water partition coefficient (Wildman–Crippen LogP) is 2.67. The summed E-state index contributed by atoms with van der Waals surface area (Å²) < 4.78 is 0. The average molecular weight is 404 g/mol. The number of aldehydes is 1. The Morgan fingerprint density at radius 3 is 2.74 bits per heavy atom. The molecule has 7 heteroatoms. The highest BCUT2D eigenvalue weighted by Crippen LogP contribution is 2.50. The number of fused-ring (bicyclic) bond motifs is 1. The Labute approximate surface area is 171 Å². The summed E-state index contributed by atoms with van der Waals surface area (Å²) in [5, 5.41) is 13.2. The predicted molar refractivity (Wildman–Crippen MR) is 111 cm³/mol. The number of carbonyl (C=O) groups excluding carboxylic acids is 2. The molecule has 1 amide bonds. The zero-order chi connectivity index (χ0) is 20.0. The molecule has 5 nitrogen and oxygen atoms in total. The molecule has 2 aliphatic rings. The van der Waals surface area contributed by atoms with E-state index in [1.54, 1.807) is 6.92 Å². The maximum absolute atomic E-state index is 13.1. The van der Waals surface area contributed by atoms with Crippen LogP contribution >= 0.6 is 25.3 Å². The lowest BCUT2D eigenvalue weighted by atomic mass is 9.79. The van der Waals surface area contributed by atoms with Crippen LogP contribution in [-0.4, -0.2) is 33.9 Å². The molecule has 1 aliphatic heterocycles. The van der Waals surface area contributed by atoms with Crippen LogP contribution in [0.5, 0.6) is 0 Å². The van der Waals surface area contributed by atoms with Crippen molar-refractivity contribution in [3.05, 3.63) is 34.9 Å². The molecule has 0 spiro atoms. The number of thiol groups is 2. The fourth-order valence-electron chi connectivity index (χ4n) is 4.11. The molecule has 0 radical (unpaired) electrons. The van der Waals surface area contributed by atoms with Gasteiger partial charge in [-0.1, -0.05) is 18.2 Å². The van der Waals surface area contributed by atoms with Gasteiger partial charge in [0, 0.05) is 13.5 Å². The number of carbonyl (C=O) groups is 2. The van der Waals surface area contributed by atoms with E-state index in [0.29, 0.717) is 6.29 Å². The lowest BCUT2D eigenvalue weighted by Gasteiger charge is -2.35. The molecule has 1 unspecified atom stereocenters. The third-order valence-corrected chi connectivity index (χ3v) is 6.80. The van der Waals surface area contributed by atoms with Crippen LogP contribution in [0.4, 0.5) is 0 Å². The van der Waals surface area contributed by atoms with E-state index in [2.05, 4.69) is 48.8 Å². The summed E-state index contributed by atoms with van der Waals surface area (Å²) >= 11 is 8.91. The molecule has 0 saturated carbocycles. The molecule has 1 heterocycles. The molecule has 0 aromatic heterocycles. The van der Waals surface area contributed by atoms with Gasteiger partial charge in [0.15, 0.2) is 6.29 Å². The van der Waals surface area contributed by atoms with Crippen molar-refractivity contribution in [2.24, 2.45) is 5.41 Å². The van der Waals surface area contributed by atoms with Gasteiger partial charge in [0.05, 0.1) is 17.5 Å². The van der Waals surface area contributed by atoms with E-state index in [0.717, 1.165) is 24.8 Å². The van der Waals surface area contributed by atoms with Gasteiger partial charge in [-0.25, -0.2) is 0 Å². The van der Waals surface area contributed by atoms with E-state index in [1.807, 2.05) is 13.0 Å². The number of nitrogens with zero attached hydrogens (tertiary/aromatic N) is 2. The third-order valence-electron chi connectivity index (χ3n) is 5.92. The molecule has 1 fully saturated rings. The van der Waals surface area contributed by atoms with Gasteiger partial charge in [0.1, 0.15) is 9.74 Å². The van der Waals surface area contributed by atoms with Crippen molar-refractivity contribution in [1.29, 1.82) is 5.26 Å². The first-order valence-electron chi connectivity index (χ1n) is 9.06. The SMILES string of the molecule is CN(C(=O)[C@@]1(S)C[C@](C)(C#N)C(c2ccc3c(c2)CCC3)N1)[C@@](C)(S)C=O. The van der Waals surface area contributed by atoms with Crippen molar-refractivity contribution in [3.63, 3.8) is 0 Å². The molecule has 1 aliphatic carbocycles. The minimum absolute atomic E-state index is 0.229. The molecule has 0 bridgehead atoms. The first kappa shape index (κ1) is 20.2. The number of hydrogen-bond donors (Lipinski definition) is 3. The zero-order valence-corrected chi connectivity index (χ0v) is 17.6. The maximum atomic E-state index is 13.1. The molecule has 1 N–H and O–H groups in total. The number of hydrogen-bond acceptors (Lipinski definition) is 6. The van der Waals surface area contributed by atoms with E-state index in [4.69, 9.17) is 0 Å². The number of nitriles is 1. The summed E-state index contributed by atoms with van der Waals surface area (Å²) in [6.45, 7) is 3.40. The number of rotatable bonds is 4.